The van der Waals surface area contributed by atoms with E-state index in [1.807, 2.05) is 30.3 Å². The van der Waals surface area contributed by atoms with E-state index in [0.29, 0.717) is 30.3 Å². The number of nitrogens with one attached hydrogen (secondary N) is 2. The van der Waals surface area contributed by atoms with Gasteiger partial charge in [-0.05, 0) is 23.3 Å². The topological polar surface area (TPSA) is 136 Å². The number of ether oxygens (including phenoxy) is 3. The Kier molecular flexibility index (Phi) is 6.97. The molecule has 38 heavy (non-hydrogen) atoms. The van der Waals surface area contributed by atoms with E-state index < -0.39 is 41.8 Å². The third-order valence-corrected chi connectivity index (χ3v) is 7.10. The zero-order valence-corrected chi connectivity index (χ0v) is 21.3. The molecule has 0 radical (unpaired) electrons. The first-order valence-corrected chi connectivity index (χ1v) is 12.7. The standard InChI is InChI=1S/C26H24N4O7S/c1-14(15-6-4-3-5-7-15)21(22(31)29-25-27-17(13-38-25)24(33)35-2)30-23(32)20(28-26(30)34)16-8-9-18-19(12-16)37-11-10-36-18/h3-9,12-14,20-21H,10-11H2,1-2H3,(H,28,34)(H,27,29,31)/t14?,20-,21?/m1/s1. The second-order valence-corrected chi connectivity index (χ2v) is 9.51. The van der Waals surface area contributed by atoms with E-state index in [9.17, 15) is 19.2 Å². The average molecular weight is 537 g/mol. The summed E-state index contributed by atoms with van der Waals surface area (Å²) in [5.74, 6) is -1.38. The number of methoxy groups -OCH3 is 1. The quantitative estimate of drug-likeness (QED) is 0.347. The highest BCUT2D eigenvalue weighted by atomic mass is 32.1. The lowest BCUT2D eigenvalue weighted by Crippen LogP contribution is -2.50. The summed E-state index contributed by atoms with van der Waals surface area (Å²) >= 11 is 1.03. The zero-order chi connectivity index (χ0) is 26.8. The predicted octanol–water partition coefficient (Wildman–Crippen LogP) is 3.10. The van der Waals surface area contributed by atoms with Gasteiger partial charge >= 0.3 is 12.0 Å². The number of urea groups is 1. The van der Waals surface area contributed by atoms with E-state index in [1.165, 1.54) is 12.5 Å². The molecule has 12 heteroatoms. The van der Waals surface area contributed by atoms with Crippen LogP contribution in [0.4, 0.5) is 9.93 Å². The Morgan fingerprint density at radius 2 is 1.87 bits per heavy atom. The number of fused-ring (bicyclic) bond motifs is 1. The Morgan fingerprint density at radius 3 is 2.61 bits per heavy atom. The highest BCUT2D eigenvalue weighted by Crippen LogP contribution is 2.36. The molecule has 5 rings (SSSR count). The highest BCUT2D eigenvalue weighted by molar-refractivity contribution is 7.14. The Hall–Kier alpha value is -4.45. The summed E-state index contributed by atoms with van der Waals surface area (Å²) in [6.07, 6.45) is 0. The van der Waals surface area contributed by atoms with Gasteiger partial charge in [-0.2, -0.15) is 0 Å². The maximum Gasteiger partial charge on any atom is 0.357 e. The molecule has 3 aromatic rings. The van der Waals surface area contributed by atoms with Gasteiger partial charge in [-0.3, -0.25) is 9.59 Å². The molecule has 4 amide bonds. The van der Waals surface area contributed by atoms with Crippen LogP contribution in [0.1, 0.15) is 40.5 Å². The van der Waals surface area contributed by atoms with Crippen molar-refractivity contribution in [2.24, 2.45) is 0 Å². The van der Waals surface area contributed by atoms with Crippen LogP contribution in [0.3, 0.4) is 0 Å². The van der Waals surface area contributed by atoms with E-state index in [0.717, 1.165) is 21.8 Å². The fourth-order valence-corrected chi connectivity index (χ4v) is 5.12. The van der Waals surface area contributed by atoms with E-state index >= 15 is 0 Å². The molecule has 2 aromatic carbocycles. The smallest absolute Gasteiger partial charge is 0.357 e. The van der Waals surface area contributed by atoms with Gasteiger partial charge in [0, 0.05) is 11.3 Å². The van der Waals surface area contributed by atoms with Crippen LogP contribution in [0.2, 0.25) is 0 Å². The molecule has 1 fully saturated rings. The van der Waals surface area contributed by atoms with Crippen molar-refractivity contribution in [3.8, 4) is 11.5 Å². The molecule has 3 atom stereocenters. The van der Waals surface area contributed by atoms with Crippen molar-refractivity contribution in [3.05, 3.63) is 70.7 Å². The molecule has 2 aliphatic heterocycles. The number of anilines is 1. The summed E-state index contributed by atoms with van der Waals surface area (Å²) in [6, 6.07) is 11.2. The molecule has 0 aliphatic carbocycles. The van der Waals surface area contributed by atoms with Gasteiger partial charge in [0.25, 0.3) is 5.91 Å². The summed E-state index contributed by atoms with van der Waals surface area (Å²) in [5, 5.41) is 6.93. The number of imide groups is 1. The molecule has 0 saturated carbocycles. The molecule has 0 spiro atoms. The largest absolute Gasteiger partial charge is 0.486 e. The van der Waals surface area contributed by atoms with Gasteiger partial charge in [0.1, 0.15) is 25.3 Å². The second kappa shape index (κ2) is 10.5. The van der Waals surface area contributed by atoms with Crippen LogP contribution in [0.25, 0.3) is 0 Å². The van der Waals surface area contributed by atoms with Crippen LogP contribution in [-0.2, 0) is 14.3 Å². The van der Waals surface area contributed by atoms with E-state index in [4.69, 9.17) is 9.47 Å². The van der Waals surface area contributed by atoms with Gasteiger partial charge in [0.15, 0.2) is 22.3 Å². The molecular formula is C26H24N4O7S. The maximum atomic E-state index is 13.7. The van der Waals surface area contributed by atoms with Crippen LogP contribution in [0, 0.1) is 0 Å². The Labute approximate surface area is 221 Å². The van der Waals surface area contributed by atoms with Crippen molar-refractivity contribution in [2.45, 2.75) is 24.9 Å². The Bertz CT molecular complexity index is 1390. The number of aromatic nitrogens is 1. The summed E-state index contributed by atoms with van der Waals surface area (Å²) < 4.78 is 15.8. The minimum absolute atomic E-state index is 0.0362. The third kappa shape index (κ3) is 4.77. The molecule has 11 nitrogen and oxygen atoms in total. The van der Waals surface area contributed by atoms with Gasteiger partial charge in [-0.15, -0.1) is 11.3 Å². The number of hydrogen-bond acceptors (Lipinski definition) is 9. The lowest BCUT2D eigenvalue weighted by Gasteiger charge is -2.29. The summed E-state index contributed by atoms with van der Waals surface area (Å²) in [4.78, 5) is 57.3. The molecule has 0 bridgehead atoms. The van der Waals surface area contributed by atoms with Crippen LogP contribution in [0.5, 0.6) is 11.5 Å². The van der Waals surface area contributed by atoms with Crippen molar-refractivity contribution < 1.29 is 33.4 Å². The van der Waals surface area contributed by atoms with Crippen molar-refractivity contribution in [3.63, 3.8) is 0 Å². The summed E-state index contributed by atoms with van der Waals surface area (Å²) in [5.41, 5.74) is 1.30. The first kappa shape index (κ1) is 25.2. The lowest BCUT2D eigenvalue weighted by atomic mass is 9.91. The summed E-state index contributed by atoms with van der Waals surface area (Å²) in [6.45, 7) is 2.56. The number of amides is 4. The summed E-state index contributed by atoms with van der Waals surface area (Å²) in [7, 11) is 1.23. The van der Waals surface area contributed by atoms with E-state index in [1.54, 1.807) is 25.1 Å². The highest BCUT2D eigenvalue weighted by Gasteiger charge is 2.47. The zero-order valence-electron chi connectivity index (χ0n) is 20.5. The van der Waals surface area contributed by atoms with Gasteiger partial charge in [-0.25, -0.2) is 19.5 Å². The molecule has 1 saturated heterocycles. The van der Waals surface area contributed by atoms with E-state index in [-0.39, 0.29) is 10.8 Å². The third-order valence-electron chi connectivity index (χ3n) is 6.35. The number of carbonyl (C=O) groups is 4. The van der Waals surface area contributed by atoms with Gasteiger partial charge < -0.3 is 24.8 Å². The molecule has 196 valence electrons. The van der Waals surface area contributed by atoms with Gasteiger partial charge in [0.05, 0.1) is 7.11 Å². The number of rotatable bonds is 7. The molecule has 3 heterocycles. The second-order valence-electron chi connectivity index (χ2n) is 8.66. The number of benzene rings is 2. The van der Waals surface area contributed by atoms with Crippen molar-refractivity contribution in [1.29, 1.82) is 0 Å². The lowest BCUT2D eigenvalue weighted by molar-refractivity contribution is -0.134. The van der Waals surface area contributed by atoms with Crippen molar-refractivity contribution >= 4 is 40.3 Å². The van der Waals surface area contributed by atoms with Gasteiger partial charge in [-0.1, -0.05) is 43.3 Å². The fraction of sp³-hybridized carbons (Fsp3) is 0.269. The minimum Gasteiger partial charge on any atom is -0.486 e. The normalized spacial score (nSPS) is 17.9. The molecule has 2 unspecified atom stereocenters. The average Bonchev–Trinajstić information content (AvgIpc) is 3.52. The van der Waals surface area contributed by atoms with Crippen LogP contribution >= 0.6 is 11.3 Å². The Balaban J connectivity index is 1.45. The van der Waals surface area contributed by atoms with Crippen molar-refractivity contribution in [1.82, 2.24) is 15.2 Å². The number of thiazole rings is 1. The van der Waals surface area contributed by atoms with Gasteiger partial charge in [0.2, 0.25) is 5.91 Å². The first-order chi connectivity index (χ1) is 18.4. The molecule has 2 N–H and O–H groups in total. The predicted molar refractivity (Wildman–Crippen MR) is 136 cm³/mol. The van der Waals surface area contributed by atoms with Crippen LogP contribution < -0.4 is 20.1 Å². The molecule has 1 aromatic heterocycles. The van der Waals surface area contributed by atoms with Crippen molar-refractivity contribution in [2.75, 3.05) is 25.6 Å². The van der Waals surface area contributed by atoms with Crippen LogP contribution in [-0.4, -0.2) is 60.1 Å². The molecule has 2 aliphatic rings. The molecular weight excluding hydrogens is 512 g/mol. The minimum atomic E-state index is -1.21. The van der Waals surface area contributed by atoms with E-state index in [2.05, 4.69) is 20.4 Å². The number of hydrogen-bond donors (Lipinski definition) is 2. The van der Waals surface area contributed by atoms with Crippen LogP contribution in [0.15, 0.2) is 53.9 Å². The number of esters is 1. The Morgan fingerprint density at radius 1 is 1.13 bits per heavy atom. The first-order valence-electron chi connectivity index (χ1n) is 11.8. The number of nitrogens with zero attached hydrogens (tertiary/aromatic N) is 2. The monoisotopic (exact) mass is 536 g/mol. The number of carbonyl (C=O) groups excluding carboxylic acids is 4. The fourth-order valence-electron chi connectivity index (χ4n) is 4.44. The maximum absolute atomic E-state index is 13.7. The SMILES string of the molecule is COC(=O)c1csc(NC(=O)C(C(C)c2ccccc2)N2C(=O)N[C@H](c3ccc4c(c3)OCCO4)C2=O)n1.